The number of fused-ring (bicyclic) bond motifs is 1. The molecule has 0 aromatic heterocycles. The van der Waals surface area contributed by atoms with Gasteiger partial charge in [0.05, 0.1) is 6.04 Å². The minimum absolute atomic E-state index is 0.0347. The molecule has 2 aliphatic rings. The molecule has 2 aromatic carbocycles. The van der Waals surface area contributed by atoms with Gasteiger partial charge < -0.3 is 29.9 Å². The number of hydrogen-bond donors (Lipinski definition) is 2. The summed E-state index contributed by atoms with van der Waals surface area (Å²) in [6.07, 6.45) is 0.697. The summed E-state index contributed by atoms with van der Waals surface area (Å²) >= 11 is 0. The summed E-state index contributed by atoms with van der Waals surface area (Å²) in [6, 6.07) is 15.3. The highest BCUT2D eigenvalue weighted by molar-refractivity contribution is 5.94. The van der Waals surface area contributed by atoms with E-state index in [2.05, 4.69) is 21.6 Å². The van der Waals surface area contributed by atoms with Gasteiger partial charge in [0.25, 0.3) is 0 Å². The lowest BCUT2D eigenvalue weighted by Crippen LogP contribution is -2.51. The second-order valence-corrected chi connectivity index (χ2v) is 11.8. The average molecular weight is 551 g/mol. The molecule has 1 saturated heterocycles. The number of piperidine rings is 1. The molecule has 0 radical (unpaired) electrons. The predicted octanol–water partition coefficient (Wildman–Crippen LogP) is 5.54. The quantitative estimate of drug-likeness (QED) is 0.507. The highest BCUT2D eigenvalue weighted by atomic mass is 16.6. The number of nitrogens with one attached hydrogen (secondary N) is 2. The number of alkyl carbamates (subject to hydrolysis) is 2. The van der Waals surface area contributed by atoms with Gasteiger partial charge in [0.2, 0.25) is 5.91 Å². The van der Waals surface area contributed by atoms with E-state index in [0.717, 1.165) is 48.4 Å². The van der Waals surface area contributed by atoms with Crippen LogP contribution in [0.15, 0.2) is 48.5 Å². The van der Waals surface area contributed by atoms with Gasteiger partial charge in [0.1, 0.15) is 12.2 Å². The number of rotatable bonds is 5. The maximum absolute atomic E-state index is 12.9. The molecule has 3 atom stereocenters. The molecular weight excluding hydrogens is 508 g/mol. The molecule has 1 fully saturated rings. The molecule has 0 spiro atoms. The third kappa shape index (κ3) is 7.06. The Morgan fingerprint density at radius 3 is 2.25 bits per heavy atom. The summed E-state index contributed by atoms with van der Waals surface area (Å²) < 4.78 is 10.9. The molecule has 9 heteroatoms. The van der Waals surface area contributed by atoms with Crippen LogP contribution in [0.1, 0.15) is 71.6 Å². The molecule has 0 saturated carbocycles. The van der Waals surface area contributed by atoms with Crippen LogP contribution < -0.4 is 20.4 Å². The Labute approximate surface area is 237 Å². The van der Waals surface area contributed by atoms with Crippen LogP contribution in [0.25, 0.3) is 0 Å². The lowest BCUT2D eigenvalue weighted by Gasteiger charge is -2.44. The van der Waals surface area contributed by atoms with E-state index < -0.39 is 11.7 Å². The first-order valence-electron chi connectivity index (χ1n) is 14.1. The average Bonchev–Trinajstić information content (AvgIpc) is 2.89. The van der Waals surface area contributed by atoms with E-state index >= 15 is 0 Å². The molecule has 3 amide bonds. The Bertz CT molecular complexity index is 1200. The Kier molecular flexibility index (Phi) is 8.91. The first-order valence-corrected chi connectivity index (χ1v) is 14.1. The van der Waals surface area contributed by atoms with E-state index in [9.17, 15) is 14.4 Å². The maximum Gasteiger partial charge on any atom is 0.407 e. The van der Waals surface area contributed by atoms with Crippen molar-refractivity contribution in [3.63, 3.8) is 0 Å². The molecule has 40 heavy (non-hydrogen) atoms. The molecule has 216 valence electrons. The Hall–Kier alpha value is -3.75. The minimum Gasteiger partial charge on any atom is -0.445 e. The van der Waals surface area contributed by atoms with Gasteiger partial charge in [-0.05, 0) is 64.3 Å². The standard InChI is InChI=1S/C31H42N4O5/c1-20-21(2)35(22(3)36)27-13-12-25(34-16-14-24(15-17-34)32-30(38)40-31(4,5)6)18-26(27)28(20)33-29(37)39-19-23-10-8-7-9-11-23/h7-13,18,20-21,24,28H,14-17,19H2,1-6H3,(H,32,38)(H,33,37)/t20?,21-,28?/m0/s1. The maximum atomic E-state index is 12.9. The summed E-state index contributed by atoms with van der Waals surface area (Å²) in [5.74, 6) is -0.0767. The van der Waals surface area contributed by atoms with Gasteiger partial charge >= 0.3 is 12.2 Å². The van der Waals surface area contributed by atoms with Crippen LogP contribution in [0.2, 0.25) is 0 Å². The number of carbonyl (C=O) groups excluding carboxylic acids is 3. The summed E-state index contributed by atoms with van der Waals surface area (Å²) in [5, 5.41) is 6.07. The first kappa shape index (κ1) is 29.2. The largest absolute Gasteiger partial charge is 0.445 e. The van der Waals surface area contributed by atoms with Gasteiger partial charge in [0.15, 0.2) is 0 Å². The summed E-state index contributed by atoms with van der Waals surface area (Å²) in [7, 11) is 0. The van der Waals surface area contributed by atoms with Crippen LogP contribution >= 0.6 is 0 Å². The van der Waals surface area contributed by atoms with Crippen molar-refractivity contribution in [2.45, 2.75) is 84.7 Å². The molecule has 0 bridgehead atoms. The van der Waals surface area contributed by atoms with Crippen molar-refractivity contribution in [2.75, 3.05) is 22.9 Å². The fourth-order valence-corrected chi connectivity index (χ4v) is 5.54. The SMILES string of the molecule is CC(=O)N1c2ccc(N3CCC(NC(=O)OC(C)(C)C)CC3)cc2C(NC(=O)OCc2ccccc2)C(C)[C@@H]1C. The van der Waals surface area contributed by atoms with Gasteiger partial charge in [-0.2, -0.15) is 0 Å². The van der Waals surface area contributed by atoms with E-state index in [-0.39, 0.29) is 42.7 Å². The molecule has 2 heterocycles. The fraction of sp³-hybridized carbons (Fsp3) is 0.516. The Morgan fingerprint density at radius 1 is 0.950 bits per heavy atom. The third-order valence-electron chi connectivity index (χ3n) is 7.71. The van der Waals surface area contributed by atoms with Gasteiger partial charge in [0, 0.05) is 55.0 Å². The lowest BCUT2D eigenvalue weighted by atomic mass is 9.82. The first-order chi connectivity index (χ1) is 18.9. The molecule has 2 unspecified atom stereocenters. The van der Waals surface area contributed by atoms with Crippen molar-refractivity contribution < 1.29 is 23.9 Å². The zero-order valence-corrected chi connectivity index (χ0v) is 24.4. The fourth-order valence-electron chi connectivity index (χ4n) is 5.54. The van der Waals surface area contributed by atoms with E-state index in [0.29, 0.717) is 0 Å². The predicted molar refractivity (Wildman–Crippen MR) is 155 cm³/mol. The van der Waals surface area contributed by atoms with E-state index in [1.165, 1.54) is 0 Å². The van der Waals surface area contributed by atoms with Crippen molar-refractivity contribution in [1.82, 2.24) is 10.6 Å². The van der Waals surface area contributed by atoms with Gasteiger partial charge in [-0.3, -0.25) is 4.79 Å². The zero-order chi connectivity index (χ0) is 29.0. The number of benzene rings is 2. The van der Waals surface area contributed by atoms with E-state index in [1.54, 1.807) is 6.92 Å². The Balaban J connectivity index is 1.49. The molecule has 4 rings (SSSR count). The zero-order valence-electron chi connectivity index (χ0n) is 24.4. The number of amides is 3. The molecule has 2 N–H and O–H groups in total. The molecule has 0 aliphatic carbocycles. The van der Waals surface area contributed by atoms with Crippen LogP contribution in [-0.4, -0.2) is 48.9 Å². The second kappa shape index (κ2) is 12.2. The van der Waals surface area contributed by atoms with Gasteiger partial charge in [-0.25, -0.2) is 9.59 Å². The third-order valence-corrected chi connectivity index (χ3v) is 7.71. The van der Waals surface area contributed by atoms with E-state index in [4.69, 9.17) is 9.47 Å². The number of anilines is 2. The van der Waals surface area contributed by atoms with Crippen molar-refractivity contribution in [2.24, 2.45) is 5.92 Å². The second-order valence-electron chi connectivity index (χ2n) is 11.8. The Morgan fingerprint density at radius 2 is 1.62 bits per heavy atom. The van der Waals surface area contributed by atoms with Crippen molar-refractivity contribution in [3.8, 4) is 0 Å². The highest BCUT2D eigenvalue weighted by Gasteiger charge is 2.39. The molecule has 2 aliphatic heterocycles. The summed E-state index contributed by atoms with van der Waals surface area (Å²) in [5.41, 5.74) is 3.09. The summed E-state index contributed by atoms with van der Waals surface area (Å²) in [6.45, 7) is 12.9. The highest BCUT2D eigenvalue weighted by Crippen LogP contribution is 2.42. The number of nitrogens with zero attached hydrogens (tertiary/aromatic N) is 2. The smallest absolute Gasteiger partial charge is 0.407 e. The molecule has 9 nitrogen and oxygen atoms in total. The normalized spacial score (nSPS) is 21.3. The van der Waals surface area contributed by atoms with Crippen molar-refractivity contribution in [1.29, 1.82) is 0 Å². The van der Waals surface area contributed by atoms with Gasteiger partial charge in [-0.1, -0.05) is 37.3 Å². The van der Waals surface area contributed by atoms with E-state index in [1.807, 2.05) is 82.0 Å². The monoisotopic (exact) mass is 550 g/mol. The summed E-state index contributed by atoms with van der Waals surface area (Å²) in [4.78, 5) is 41.9. The molecular formula is C31H42N4O5. The van der Waals surface area contributed by atoms with Crippen molar-refractivity contribution >= 4 is 29.5 Å². The number of carbonyl (C=O) groups is 3. The lowest BCUT2D eigenvalue weighted by molar-refractivity contribution is -0.117. The minimum atomic E-state index is -0.533. The topological polar surface area (TPSA) is 100 Å². The molecule has 2 aromatic rings. The van der Waals surface area contributed by atoms with Crippen LogP contribution in [-0.2, 0) is 20.9 Å². The van der Waals surface area contributed by atoms with Crippen LogP contribution in [0.5, 0.6) is 0 Å². The van der Waals surface area contributed by atoms with Crippen LogP contribution in [0.4, 0.5) is 21.0 Å². The number of ether oxygens (including phenoxy) is 2. The number of hydrogen-bond acceptors (Lipinski definition) is 6. The van der Waals surface area contributed by atoms with Crippen molar-refractivity contribution in [3.05, 3.63) is 59.7 Å². The van der Waals surface area contributed by atoms with Crippen LogP contribution in [0.3, 0.4) is 0 Å². The van der Waals surface area contributed by atoms with Crippen LogP contribution in [0, 0.1) is 5.92 Å². The van der Waals surface area contributed by atoms with Gasteiger partial charge in [-0.15, -0.1) is 0 Å².